The van der Waals surface area contributed by atoms with Crippen molar-refractivity contribution in [3.8, 4) is 0 Å². The number of aromatic nitrogens is 2. The van der Waals surface area contributed by atoms with E-state index in [0.717, 1.165) is 30.6 Å². The number of nitrogens with one attached hydrogen (secondary N) is 1. The first-order chi connectivity index (χ1) is 12.7. The molecule has 0 saturated heterocycles. The zero-order valence-electron chi connectivity index (χ0n) is 14.5. The van der Waals surface area contributed by atoms with Crippen LogP contribution in [0.2, 0.25) is 0 Å². The third-order valence-corrected chi connectivity index (χ3v) is 5.80. The van der Waals surface area contributed by atoms with Crippen LogP contribution >= 0.6 is 11.3 Å². The summed E-state index contributed by atoms with van der Waals surface area (Å²) in [7, 11) is 0. The molecular formula is C20H21N3O2S. The molecule has 0 aliphatic heterocycles. The summed E-state index contributed by atoms with van der Waals surface area (Å²) < 4.78 is 1.40. The fraction of sp³-hybridized carbons (Fsp3) is 0.350. The number of carbonyl (C=O) groups is 1. The first-order valence-electron chi connectivity index (χ1n) is 9.06. The Labute approximate surface area is 155 Å². The summed E-state index contributed by atoms with van der Waals surface area (Å²) >= 11 is 1.54. The van der Waals surface area contributed by atoms with Crippen LogP contribution in [0.4, 0.5) is 0 Å². The molecule has 1 aliphatic rings. The maximum Gasteiger partial charge on any atom is 0.280 e. The zero-order chi connectivity index (χ0) is 17.9. The fourth-order valence-corrected chi connectivity index (χ4v) is 4.33. The van der Waals surface area contributed by atoms with Crippen molar-refractivity contribution in [3.05, 3.63) is 62.8 Å². The number of hydrogen-bond acceptors (Lipinski definition) is 4. The van der Waals surface area contributed by atoms with Crippen molar-refractivity contribution in [2.45, 2.75) is 44.4 Å². The van der Waals surface area contributed by atoms with Crippen molar-refractivity contribution in [1.82, 2.24) is 9.66 Å². The minimum absolute atomic E-state index is 0.191. The Kier molecular flexibility index (Phi) is 4.84. The highest BCUT2D eigenvalue weighted by atomic mass is 32.1. The van der Waals surface area contributed by atoms with E-state index in [1.165, 1.54) is 22.4 Å². The van der Waals surface area contributed by atoms with Crippen LogP contribution in [0.1, 0.15) is 48.7 Å². The highest BCUT2D eigenvalue weighted by Gasteiger charge is 2.23. The Bertz CT molecular complexity index is 972. The second-order valence-corrected chi connectivity index (χ2v) is 7.79. The highest BCUT2D eigenvalue weighted by molar-refractivity contribution is 7.10. The van der Waals surface area contributed by atoms with Crippen molar-refractivity contribution in [2.24, 2.45) is 0 Å². The molecule has 1 aromatic carbocycles. The summed E-state index contributed by atoms with van der Waals surface area (Å²) in [5.41, 5.74) is 3.31. The van der Waals surface area contributed by atoms with E-state index in [9.17, 15) is 9.59 Å². The molecule has 0 radical (unpaired) electrons. The Morgan fingerprint density at radius 1 is 1.15 bits per heavy atom. The molecule has 1 amide bonds. The summed E-state index contributed by atoms with van der Waals surface area (Å²) in [5, 5.41) is 2.48. The number of carbonyl (C=O) groups excluding carboxylic acids is 1. The Balaban J connectivity index is 1.73. The molecule has 2 aromatic heterocycles. The largest absolute Gasteiger partial charge is 0.280 e. The van der Waals surface area contributed by atoms with Gasteiger partial charge >= 0.3 is 0 Å². The van der Waals surface area contributed by atoms with Gasteiger partial charge in [0.15, 0.2) is 0 Å². The average molecular weight is 367 g/mol. The topological polar surface area (TPSA) is 64.0 Å². The van der Waals surface area contributed by atoms with Crippen LogP contribution in [0.5, 0.6) is 0 Å². The second kappa shape index (κ2) is 7.41. The molecule has 3 aromatic rings. The lowest BCUT2D eigenvalue weighted by molar-refractivity contribution is -0.116. The lowest BCUT2D eigenvalue weighted by Gasteiger charge is -2.24. The zero-order valence-corrected chi connectivity index (χ0v) is 15.3. The number of benzene rings is 1. The minimum atomic E-state index is -0.198. The number of thiophene rings is 1. The Hall–Kier alpha value is -2.47. The second-order valence-electron chi connectivity index (χ2n) is 6.75. The van der Waals surface area contributed by atoms with Gasteiger partial charge in [0.1, 0.15) is 5.82 Å². The van der Waals surface area contributed by atoms with Crippen molar-refractivity contribution in [1.29, 1.82) is 0 Å². The monoisotopic (exact) mass is 367 g/mol. The van der Waals surface area contributed by atoms with Crippen molar-refractivity contribution in [2.75, 3.05) is 5.43 Å². The molecule has 0 unspecified atom stereocenters. The molecule has 2 heterocycles. The number of fused-ring (bicyclic) bond motifs is 1. The van der Waals surface area contributed by atoms with Crippen LogP contribution < -0.4 is 11.0 Å². The molecule has 6 heteroatoms. The van der Waals surface area contributed by atoms with Gasteiger partial charge in [0.25, 0.3) is 5.56 Å². The normalized spacial score (nSPS) is 15.2. The maximum absolute atomic E-state index is 13.0. The fourth-order valence-electron chi connectivity index (χ4n) is 3.63. The van der Waals surface area contributed by atoms with E-state index in [2.05, 4.69) is 5.43 Å². The summed E-state index contributed by atoms with van der Waals surface area (Å²) in [5.74, 6) is 0.708. The number of para-hydroxylation sites is 1. The molecule has 1 fully saturated rings. The van der Waals surface area contributed by atoms with Crippen LogP contribution in [-0.4, -0.2) is 15.6 Å². The van der Waals surface area contributed by atoms with Gasteiger partial charge < -0.3 is 0 Å². The summed E-state index contributed by atoms with van der Waals surface area (Å²) in [6.07, 6.45) is 5.77. The third-order valence-electron chi connectivity index (χ3n) is 4.92. The van der Waals surface area contributed by atoms with Crippen molar-refractivity contribution in [3.63, 3.8) is 0 Å². The van der Waals surface area contributed by atoms with Gasteiger partial charge in [-0.3, -0.25) is 15.0 Å². The number of amides is 1. The molecule has 5 nitrogen and oxygen atoms in total. The molecule has 0 atom stereocenters. The highest BCUT2D eigenvalue weighted by Crippen LogP contribution is 2.31. The van der Waals surface area contributed by atoms with Crippen LogP contribution in [0.25, 0.3) is 10.9 Å². The van der Waals surface area contributed by atoms with Gasteiger partial charge in [-0.1, -0.05) is 37.5 Å². The number of rotatable bonds is 4. The SMILES string of the molecule is O=C(Cc1cccs1)Nn1c(C2CCCCC2)nc2ccccc2c1=O. The quantitative estimate of drug-likeness (QED) is 0.762. The predicted molar refractivity (Wildman–Crippen MR) is 104 cm³/mol. The molecule has 4 rings (SSSR count). The van der Waals surface area contributed by atoms with Gasteiger partial charge in [-0.25, -0.2) is 9.66 Å². The minimum Gasteiger partial charge on any atom is -0.273 e. The smallest absolute Gasteiger partial charge is 0.273 e. The summed E-state index contributed by atoms with van der Waals surface area (Å²) in [6.45, 7) is 0. The lowest BCUT2D eigenvalue weighted by Crippen LogP contribution is -2.38. The first-order valence-corrected chi connectivity index (χ1v) is 9.94. The average Bonchev–Trinajstić information content (AvgIpc) is 3.17. The van der Waals surface area contributed by atoms with E-state index >= 15 is 0 Å². The van der Waals surface area contributed by atoms with Gasteiger partial charge in [0.05, 0.1) is 17.3 Å². The Morgan fingerprint density at radius 2 is 1.96 bits per heavy atom. The molecule has 0 bridgehead atoms. The van der Waals surface area contributed by atoms with Crippen molar-refractivity contribution < 1.29 is 4.79 Å². The van der Waals surface area contributed by atoms with E-state index < -0.39 is 0 Å². The number of nitrogens with zero attached hydrogens (tertiary/aromatic N) is 2. The lowest BCUT2D eigenvalue weighted by atomic mass is 9.88. The van der Waals surface area contributed by atoms with Gasteiger partial charge in [0.2, 0.25) is 5.91 Å². The van der Waals surface area contributed by atoms with E-state index in [-0.39, 0.29) is 23.8 Å². The van der Waals surface area contributed by atoms with Crippen LogP contribution in [0, 0.1) is 0 Å². The van der Waals surface area contributed by atoms with E-state index in [4.69, 9.17) is 4.98 Å². The van der Waals surface area contributed by atoms with Gasteiger partial charge in [0, 0.05) is 10.8 Å². The molecule has 26 heavy (non-hydrogen) atoms. The third kappa shape index (κ3) is 3.42. The standard InChI is InChI=1S/C20H21N3O2S/c24-18(13-15-9-6-12-26-15)22-23-19(14-7-2-1-3-8-14)21-17-11-5-4-10-16(17)20(23)25/h4-6,9-12,14H,1-3,7-8,13H2,(H,22,24). The summed E-state index contributed by atoms with van der Waals surface area (Å²) in [6, 6.07) is 11.2. The van der Waals surface area contributed by atoms with Crippen LogP contribution in [0.15, 0.2) is 46.6 Å². The molecule has 0 spiro atoms. The van der Waals surface area contributed by atoms with Crippen molar-refractivity contribution >= 4 is 28.1 Å². The Morgan fingerprint density at radius 3 is 2.73 bits per heavy atom. The van der Waals surface area contributed by atoms with Gasteiger partial charge in [-0.2, -0.15) is 0 Å². The first kappa shape index (κ1) is 17.0. The van der Waals surface area contributed by atoms with E-state index in [1.807, 2.05) is 35.7 Å². The van der Waals surface area contributed by atoms with Gasteiger partial charge in [-0.15, -0.1) is 11.3 Å². The van der Waals surface area contributed by atoms with Gasteiger partial charge in [-0.05, 0) is 36.4 Å². The van der Waals surface area contributed by atoms with Crippen LogP contribution in [-0.2, 0) is 11.2 Å². The van der Waals surface area contributed by atoms with Crippen LogP contribution in [0.3, 0.4) is 0 Å². The maximum atomic E-state index is 13.0. The molecule has 1 N–H and O–H groups in total. The van der Waals surface area contributed by atoms with E-state index in [0.29, 0.717) is 16.7 Å². The van der Waals surface area contributed by atoms with E-state index in [1.54, 1.807) is 6.07 Å². The molecule has 1 aliphatic carbocycles. The predicted octanol–water partition coefficient (Wildman–Crippen LogP) is 3.82. The molecular weight excluding hydrogens is 346 g/mol. The molecule has 134 valence electrons. The molecule has 1 saturated carbocycles. The summed E-state index contributed by atoms with van der Waals surface area (Å²) in [4.78, 5) is 31.3. The number of hydrogen-bond donors (Lipinski definition) is 1.